The van der Waals surface area contributed by atoms with Gasteiger partial charge in [-0.2, -0.15) is 0 Å². The van der Waals surface area contributed by atoms with Gasteiger partial charge in [-0.15, -0.1) is 0 Å². The van der Waals surface area contributed by atoms with E-state index in [0.717, 1.165) is 0 Å². The first kappa shape index (κ1) is 6.42. The van der Waals surface area contributed by atoms with Crippen LogP contribution in [0.25, 0.3) is 11.0 Å². The highest BCUT2D eigenvalue weighted by Gasteiger charge is 2.00. The molecule has 0 bridgehead atoms. The molecule has 0 amide bonds. The largest absolute Gasteiger partial charge is 0.346 e. The summed E-state index contributed by atoms with van der Waals surface area (Å²) in [5.74, 6) is 0. The Kier molecular flexibility index (Phi) is 1.22. The summed E-state index contributed by atoms with van der Waals surface area (Å²) < 4.78 is 0. The monoisotopic (exact) mass is 169 g/mol. The lowest BCUT2D eigenvalue weighted by molar-refractivity contribution is 1.16. The van der Waals surface area contributed by atoms with Gasteiger partial charge in [0.2, 0.25) is 5.28 Å². The van der Waals surface area contributed by atoms with Gasteiger partial charge >= 0.3 is 0 Å². The molecule has 2 aromatic rings. The number of nitrogens with one attached hydrogen (secondary N) is 2. The maximum atomic E-state index is 11.1. The van der Waals surface area contributed by atoms with Crippen molar-refractivity contribution in [2.24, 2.45) is 0 Å². The molecule has 0 saturated carbocycles. The number of hydrogen-bond donors (Lipinski definition) is 2. The van der Waals surface area contributed by atoms with Crippen molar-refractivity contribution in [3.63, 3.8) is 0 Å². The van der Waals surface area contributed by atoms with Crippen molar-refractivity contribution in [3.05, 3.63) is 27.9 Å². The van der Waals surface area contributed by atoms with Crippen molar-refractivity contribution in [1.29, 1.82) is 0 Å². The van der Waals surface area contributed by atoms with Crippen molar-refractivity contribution < 1.29 is 0 Å². The Morgan fingerprint density at radius 2 is 2.36 bits per heavy atom. The quantitative estimate of drug-likeness (QED) is 0.576. The van der Waals surface area contributed by atoms with Gasteiger partial charge < -0.3 is 4.98 Å². The molecule has 5 heteroatoms. The van der Waals surface area contributed by atoms with Crippen LogP contribution in [-0.2, 0) is 0 Å². The van der Waals surface area contributed by atoms with Crippen LogP contribution in [0.15, 0.2) is 17.1 Å². The minimum Gasteiger partial charge on any atom is -0.346 e. The molecule has 0 fully saturated rings. The number of hydrogen-bond acceptors (Lipinski definition) is 2. The van der Waals surface area contributed by atoms with Crippen molar-refractivity contribution in [2.45, 2.75) is 0 Å². The number of halogens is 1. The van der Waals surface area contributed by atoms with E-state index in [-0.39, 0.29) is 10.8 Å². The van der Waals surface area contributed by atoms with Crippen molar-refractivity contribution in [2.75, 3.05) is 0 Å². The van der Waals surface area contributed by atoms with Crippen LogP contribution in [0.3, 0.4) is 0 Å². The minimum absolute atomic E-state index is 0.102. The van der Waals surface area contributed by atoms with Gasteiger partial charge in [0.25, 0.3) is 5.56 Å². The lowest BCUT2D eigenvalue weighted by Gasteiger charge is -1.88. The van der Waals surface area contributed by atoms with Gasteiger partial charge in [-0.25, -0.2) is 4.98 Å². The molecule has 0 atom stereocenters. The van der Waals surface area contributed by atoms with Crippen molar-refractivity contribution in [3.8, 4) is 0 Å². The molecule has 2 rings (SSSR count). The van der Waals surface area contributed by atoms with Crippen LogP contribution in [-0.4, -0.2) is 15.0 Å². The highest BCUT2D eigenvalue weighted by molar-refractivity contribution is 6.28. The summed E-state index contributed by atoms with van der Waals surface area (Å²) in [4.78, 5) is 20.1. The van der Waals surface area contributed by atoms with Crippen molar-refractivity contribution >= 4 is 22.6 Å². The summed E-state index contributed by atoms with van der Waals surface area (Å²) in [5.41, 5.74) is 0.292. The fraction of sp³-hybridized carbons (Fsp3) is 0. The molecule has 56 valence electrons. The van der Waals surface area contributed by atoms with Gasteiger partial charge in [0, 0.05) is 6.20 Å². The zero-order valence-corrected chi connectivity index (χ0v) is 6.14. The van der Waals surface area contributed by atoms with Crippen LogP contribution in [0.2, 0.25) is 5.28 Å². The van der Waals surface area contributed by atoms with Gasteiger partial charge in [0.1, 0.15) is 5.65 Å². The predicted octanol–water partition coefficient (Wildman–Crippen LogP) is 0.905. The zero-order chi connectivity index (χ0) is 7.84. The maximum absolute atomic E-state index is 11.1. The first-order valence-electron chi connectivity index (χ1n) is 3.00. The van der Waals surface area contributed by atoms with E-state index in [2.05, 4.69) is 15.0 Å². The average molecular weight is 170 g/mol. The Balaban J connectivity index is 3.02. The van der Waals surface area contributed by atoms with Crippen LogP contribution in [0, 0.1) is 0 Å². The van der Waals surface area contributed by atoms with Gasteiger partial charge in [-0.05, 0) is 17.7 Å². The van der Waals surface area contributed by atoms with Crippen LogP contribution < -0.4 is 5.56 Å². The fourth-order valence-electron chi connectivity index (χ4n) is 0.923. The number of fused-ring (bicyclic) bond motifs is 1. The van der Waals surface area contributed by atoms with E-state index in [1.807, 2.05) is 0 Å². The van der Waals surface area contributed by atoms with E-state index in [9.17, 15) is 4.79 Å². The standard InChI is InChI=1S/C6H4ClN3O/c7-6-9-4-3(1-2-8-4)5(11)10-6/h1-2H,(H2,8,9,10,11). The summed E-state index contributed by atoms with van der Waals surface area (Å²) in [6.45, 7) is 0. The third-order valence-electron chi connectivity index (χ3n) is 1.40. The molecule has 0 aliphatic carbocycles. The van der Waals surface area contributed by atoms with Gasteiger partial charge in [0.15, 0.2) is 0 Å². The third-order valence-corrected chi connectivity index (χ3v) is 1.58. The van der Waals surface area contributed by atoms with E-state index in [1.54, 1.807) is 12.3 Å². The number of aromatic amines is 2. The van der Waals surface area contributed by atoms with E-state index < -0.39 is 0 Å². The summed E-state index contributed by atoms with van der Waals surface area (Å²) in [6.07, 6.45) is 1.64. The topological polar surface area (TPSA) is 61.5 Å². The highest BCUT2D eigenvalue weighted by Crippen LogP contribution is 2.05. The number of H-pyrrole nitrogens is 2. The fourth-order valence-corrected chi connectivity index (χ4v) is 1.09. The Hall–Kier alpha value is -1.29. The Morgan fingerprint density at radius 3 is 3.18 bits per heavy atom. The second kappa shape index (κ2) is 2.10. The van der Waals surface area contributed by atoms with E-state index in [0.29, 0.717) is 11.0 Å². The molecular formula is C6H4ClN3O. The van der Waals surface area contributed by atoms with Gasteiger partial charge in [-0.3, -0.25) is 9.78 Å². The normalized spacial score (nSPS) is 10.6. The first-order valence-corrected chi connectivity index (χ1v) is 3.38. The molecule has 0 spiro atoms. The third kappa shape index (κ3) is 0.914. The van der Waals surface area contributed by atoms with Crippen LogP contribution >= 0.6 is 11.6 Å². The molecule has 0 radical (unpaired) electrons. The number of aromatic nitrogens is 3. The Labute approximate surface area is 66.2 Å². The summed E-state index contributed by atoms with van der Waals surface area (Å²) in [6, 6.07) is 1.65. The molecule has 0 aliphatic heterocycles. The molecule has 2 aromatic heterocycles. The molecule has 0 aromatic carbocycles. The molecule has 2 N–H and O–H groups in total. The smallest absolute Gasteiger partial charge is 0.261 e. The first-order chi connectivity index (χ1) is 5.27. The van der Waals surface area contributed by atoms with Crippen LogP contribution in [0.5, 0.6) is 0 Å². The molecule has 0 unspecified atom stereocenters. The van der Waals surface area contributed by atoms with E-state index in [4.69, 9.17) is 11.6 Å². The second-order valence-electron chi connectivity index (χ2n) is 2.10. The predicted molar refractivity (Wildman–Crippen MR) is 41.7 cm³/mol. The molecule has 0 saturated heterocycles. The summed E-state index contributed by atoms with van der Waals surface area (Å²) >= 11 is 5.49. The molecular weight excluding hydrogens is 166 g/mol. The molecule has 4 nitrogen and oxygen atoms in total. The van der Waals surface area contributed by atoms with Crippen LogP contribution in [0.4, 0.5) is 0 Å². The van der Waals surface area contributed by atoms with Crippen LogP contribution in [0.1, 0.15) is 0 Å². The summed E-state index contributed by atoms with van der Waals surface area (Å²) in [7, 11) is 0. The molecule has 0 aliphatic rings. The SMILES string of the molecule is O=c1[nH]c(Cl)nc2[nH]ccc12. The lowest BCUT2D eigenvalue weighted by Crippen LogP contribution is -2.06. The van der Waals surface area contributed by atoms with E-state index >= 15 is 0 Å². The minimum atomic E-state index is -0.221. The zero-order valence-electron chi connectivity index (χ0n) is 5.39. The highest BCUT2D eigenvalue weighted by atomic mass is 35.5. The lowest BCUT2D eigenvalue weighted by atomic mass is 10.4. The Morgan fingerprint density at radius 1 is 1.55 bits per heavy atom. The van der Waals surface area contributed by atoms with E-state index in [1.165, 1.54) is 0 Å². The number of nitrogens with zero attached hydrogens (tertiary/aromatic N) is 1. The number of rotatable bonds is 0. The Bertz CT molecular complexity index is 444. The second-order valence-corrected chi connectivity index (χ2v) is 2.45. The van der Waals surface area contributed by atoms with Gasteiger partial charge in [0.05, 0.1) is 5.39 Å². The molecule has 11 heavy (non-hydrogen) atoms. The van der Waals surface area contributed by atoms with Gasteiger partial charge in [-0.1, -0.05) is 0 Å². The average Bonchev–Trinajstić information content (AvgIpc) is 2.34. The van der Waals surface area contributed by atoms with Crippen molar-refractivity contribution in [1.82, 2.24) is 15.0 Å². The maximum Gasteiger partial charge on any atom is 0.261 e. The summed E-state index contributed by atoms with van der Waals surface area (Å²) in [5, 5.41) is 0.624. The molecule has 2 heterocycles.